The third-order valence-electron chi connectivity index (χ3n) is 3.11. The van der Waals surface area contributed by atoms with Gasteiger partial charge in [-0.2, -0.15) is 5.26 Å². The summed E-state index contributed by atoms with van der Waals surface area (Å²) in [5.74, 6) is -1.04. The highest BCUT2D eigenvalue weighted by molar-refractivity contribution is 5.27. The van der Waals surface area contributed by atoms with E-state index in [9.17, 15) is 14.0 Å². The van der Waals surface area contributed by atoms with Crippen LogP contribution in [0, 0.1) is 23.0 Å². The third kappa shape index (κ3) is 2.84. The molecule has 18 heavy (non-hydrogen) atoms. The molecule has 0 saturated carbocycles. The van der Waals surface area contributed by atoms with E-state index in [4.69, 9.17) is 0 Å². The lowest BCUT2D eigenvalue weighted by Crippen LogP contribution is -2.32. The van der Waals surface area contributed by atoms with Crippen molar-refractivity contribution in [2.75, 3.05) is 26.2 Å². The molecule has 0 spiro atoms. The van der Waals surface area contributed by atoms with Gasteiger partial charge in [0, 0.05) is 25.2 Å². The first-order chi connectivity index (χ1) is 8.72. The molecule has 1 saturated heterocycles. The largest absolute Gasteiger partial charge is 0.315 e. The van der Waals surface area contributed by atoms with E-state index in [1.165, 1.54) is 0 Å². The monoisotopic (exact) mass is 251 g/mol. The fourth-order valence-corrected chi connectivity index (χ4v) is 2.20. The maximum absolute atomic E-state index is 13.7. The summed E-state index contributed by atoms with van der Waals surface area (Å²) in [6, 6.07) is 4.61. The minimum Gasteiger partial charge on any atom is -0.315 e. The average Bonchev–Trinajstić information content (AvgIpc) is 2.64. The van der Waals surface area contributed by atoms with E-state index in [-0.39, 0.29) is 5.56 Å². The van der Waals surface area contributed by atoms with Gasteiger partial charge in [-0.3, -0.25) is 4.90 Å². The molecule has 1 unspecified atom stereocenters. The zero-order chi connectivity index (χ0) is 13.0. The summed E-state index contributed by atoms with van der Waals surface area (Å²) in [5.41, 5.74) is 0.124. The molecule has 1 N–H and O–H groups in total. The Morgan fingerprint density at radius 1 is 1.28 bits per heavy atom. The van der Waals surface area contributed by atoms with Crippen molar-refractivity contribution < 1.29 is 8.78 Å². The highest BCUT2D eigenvalue weighted by atomic mass is 19.1. The molecule has 0 bridgehead atoms. The number of nitrogens with zero attached hydrogens (tertiary/aromatic N) is 2. The zero-order valence-corrected chi connectivity index (χ0v) is 10.00. The van der Waals surface area contributed by atoms with Gasteiger partial charge in [-0.15, -0.1) is 0 Å². The van der Waals surface area contributed by atoms with Crippen LogP contribution in [0.15, 0.2) is 18.2 Å². The first-order valence-electron chi connectivity index (χ1n) is 6.01. The Morgan fingerprint density at radius 2 is 2.11 bits per heavy atom. The molecule has 1 aromatic carbocycles. The van der Waals surface area contributed by atoms with E-state index in [1.807, 2.05) is 4.90 Å². The third-order valence-corrected chi connectivity index (χ3v) is 3.11. The number of nitriles is 1. The summed E-state index contributed by atoms with van der Waals surface area (Å²) < 4.78 is 26.9. The highest BCUT2D eigenvalue weighted by Crippen LogP contribution is 2.24. The predicted octanol–water partition coefficient (Wildman–Crippen LogP) is 1.82. The average molecular weight is 251 g/mol. The van der Waals surface area contributed by atoms with Crippen LogP contribution in [0.4, 0.5) is 8.78 Å². The van der Waals surface area contributed by atoms with Gasteiger partial charge >= 0.3 is 0 Å². The van der Waals surface area contributed by atoms with Gasteiger partial charge in [0.2, 0.25) is 0 Å². The van der Waals surface area contributed by atoms with E-state index in [1.54, 1.807) is 0 Å². The van der Waals surface area contributed by atoms with Crippen molar-refractivity contribution in [3.63, 3.8) is 0 Å². The Balaban J connectivity index is 2.26. The summed E-state index contributed by atoms with van der Waals surface area (Å²) >= 11 is 0. The van der Waals surface area contributed by atoms with Gasteiger partial charge < -0.3 is 5.32 Å². The fraction of sp³-hybridized carbons (Fsp3) is 0.462. The van der Waals surface area contributed by atoms with E-state index in [2.05, 4.69) is 11.4 Å². The minimum atomic E-state index is -0.722. The van der Waals surface area contributed by atoms with Crippen LogP contribution in [0.2, 0.25) is 0 Å². The van der Waals surface area contributed by atoms with Crippen LogP contribution in [-0.4, -0.2) is 31.1 Å². The Kier molecular flexibility index (Phi) is 4.24. The van der Waals surface area contributed by atoms with Gasteiger partial charge in [0.25, 0.3) is 0 Å². The molecule has 96 valence electrons. The maximum atomic E-state index is 13.7. The van der Waals surface area contributed by atoms with Crippen molar-refractivity contribution in [3.8, 4) is 6.07 Å². The number of halogens is 2. The molecule has 1 aromatic rings. The van der Waals surface area contributed by atoms with Crippen molar-refractivity contribution in [2.45, 2.75) is 12.5 Å². The zero-order valence-electron chi connectivity index (χ0n) is 10.00. The first-order valence-corrected chi connectivity index (χ1v) is 6.01. The second-order valence-electron chi connectivity index (χ2n) is 4.34. The van der Waals surface area contributed by atoms with Crippen molar-refractivity contribution in [1.82, 2.24) is 10.2 Å². The molecule has 0 radical (unpaired) electrons. The molecule has 1 aliphatic rings. The molecule has 2 rings (SSSR count). The summed E-state index contributed by atoms with van der Waals surface area (Å²) in [6.07, 6.45) is 0.898. The lowest BCUT2D eigenvalue weighted by molar-refractivity contribution is 0.247. The number of nitrogens with one attached hydrogen (secondary N) is 1. The molecular formula is C13H15F2N3. The number of benzene rings is 1. The predicted molar refractivity (Wildman–Crippen MR) is 63.8 cm³/mol. The van der Waals surface area contributed by atoms with Crippen LogP contribution in [0.5, 0.6) is 0 Å². The summed E-state index contributed by atoms with van der Waals surface area (Å²) in [4.78, 5) is 1.89. The number of rotatable bonds is 2. The summed E-state index contributed by atoms with van der Waals surface area (Å²) in [7, 11) is 0. The standard InChI is InChI=1S/C13H15F2N3/c14-10-2-3-12(15)11(8-10)13(9-16)18-6-1-4-17-5-7-18/h2-3,8,13,17H,1,4-7H2. The van der Waals surface area contributed by atoms with Crippen LogP contribution >= 0.6 is 0 Å². The van der Waals surface area contributed by atoms with Crippen LogP contribution in [0.3, 0.4) is 0 Å². The second kappa shape index (κ2) is 5.89. The maximum Gasteiger partial charge on any atom is 0.129 e. The van der Waals surface area contributed by atoms with Crippen molar-refractivity contribution in [2.24, 2.45) is 0 Å². The Hall–Kier alpha value is -1.51. The normalized spacial score (nSPS) is 18.9. The van der Waals surface area contributed by atoms with E-state index < -0.39 is 17.7 Å². The first kappa shape index (κ1) is 12.9. The second-order valence-corrected chi connectivity index (χ2v) is 4.34. The van der Waals surface area contributed by atoms with Crippen LogP contribution in [0.25, 0.3) is 0 Å². The molecule has 1 heterocycles. The molecule has 0 amide bonds. The lowest BCUT2D eigenvalue weighted by atomic mass is 10.1. The molecule has 1 atom stereocenters. The fourth-order valence-electron chi connectivity index (χ4n) is 2.20. The minimum absolute atomic E-state index is 0.124. The van der Waals surface area contributed by atoms with Gasteiger partial charge in [0.1, 0.15) is 17.7 Å². The Morgan fingerprint density at radius 3 is 2.89 bits per heavy atom. The molecule has 1 aliphatic heterocycles. The molecule has 3 nitrogen and oxygen atoms in total. The molecular weight excluding hydrogens is 236 g/mol. The molecule has 1 fully saturated rings. The Bertz CT molecular complexity index is 448. The smallest absolute Gasteiger partial charge is 0.129 e. The van der Waals surface area contributed by atoms with Gasteiger partial charge in [-0.1, -0.05) is 0 Å². The summed E-state index contributed by atoms with van der Waals surface area (Å²) in [5, 5.41) is 12.5. The van der Waals surface area contributed by atoms with Gasteiger partial charge in [0.15, 0.2) is 0 Å². The van der Waals surface area contributed by atoms with Crippen molar-refractivity contribution in [3.05, 3.63) is 35.4 Å². The summed E-state index contributed by atoms with van der Waals surface area (Å²) in [6.45, 7) is 3.02. The quantitative estimate of drug-likeness (QED) is 0.871. The number of hydrogen-bond acceptors (Lipinski definition) is 3. The molecule has 5 heteroatoms. The number of hydrogen-bond donors (Lipinski definition) is 1. The highest BCUT2D eigenvalue weighted by Gasteiger charge is 2.24. The molecule has 0 aliphatic carbocycles. The van der Waals surface area contributed by atoms with Crippen LogP contribution in [-0.2, 0) is 0 Å². The van der Waals surface area contributed by atoms with Gasteiger partial charge in [-0.05, 0) is 31.2 Å². The van der Waals surface area contributed by atoms with Crippen molar-refractivity contribution >= 4 is 0 Å². The van der Waals surface area contributed by atoms with Gasteiger partial charge in [-0.25, -0.2) is 8.78 Å². The van der Waals surface area contributed by atoms with Crippen molar-refractivity contribution in [1.29, 1.82) is 5.26 Å². The van der Waals surface area contributed by atoms with E-state index in [0.717, 1.165) is 37.7 Å². The van der Waals surface area contributed by atoms with Crippen LogP contribution < -0.4 is 5.32 Å². The lowest BCUT2D eigenvalue weighted by Gasteiger charge is -2.25. The van der Waals surface area contributed by atoms with Crippen LogP contribution in [0.1, 0.15) is 18.0 Å². The molecule has 0 aromatic heterocycles. The van der Waals surface area contributed by atoms with Gasteiger partial charge in [0.05, 0.1) is 6.07 Å². The van der Waals surface area contributed by atoms with E-state index in [0.29, 0.717) is 13.1 Å². The van der Waals surface area contributed by atoms with E-state index >= 15 is 0 Å². The topological polar surface area (TPSA) is 39.1 Å². The Labute approximate surface area is 105 Å². The SMILES string of the molecule is N#CC(c1cc(F)ccc1F)N1CCCNCC1.